The maximum absolute atomic E-state index is 3.00. The fourth-order valence-electron chi connectivity index (χ4n) is 0.385. The second-order valence-electron chi connectivity index (χ2n) is 1.15. The van der Waals surface area contributed by atoms with Crippen molar-refractivity contribution >= 4 is 0 Å². The Labute approximate surface area is 57.8 Å². The maximum atomic E-state index is 3.00. The van der Waals surface area contributed by atoms with Crippen LogP contribution in [-0.4, -0.2) is 0 Å². The van der Waals surface area contributed by atoms with Crippen LogP contribution in [-0.2, 0) is 0 Å². The topological polar surface area (TPSA) is 0 Å². The van der Waals surface area contributed by atoms with E-state index < -0.39 is 0 Å². The molecular weight excluding hydrogens is 108 g/mol. The molecule has 9 heavy (non-hydrogen) atoms. The zero-order valence-electron chi connectivity index (χ0n) is 4.88. The number of benzene rings is 1. The minimum Gasteiger partial charge on any atom is -0.106 e. The van der Waals surface area contributed by atoms with E-state index in [1.807, 2.05) is 36.4 Å². The lowest BCUT2D eigenvalue weighted by Gasteiger charge is -1.69. The van der Waals surface area contributed by atoms with Gasteiger partial charge < -0.3 is 0 Å². The van der Waals surface area contributed by atoms with E-state index in [4.69, 9.17) is 0 Å². The first-order valence-electron chi connectivity index (χ1n) is 2.50. The van der Waals surface area contributed by atoms with Gasteiger partial charge in [-0.15, -0.1) is 13.2 Å². The molecule has 0 bridgehead atoms. The van der Waals surface area contributed by atoms with Crippen molar-refractivity contribution in [3.8, 4) is 0 Å². The second kappa shape index (κ2) is 10.0. The first-order chi connectivity index (χ1) is 4.00. The second-order valence-corrected chi connectivity index (χ2v) is 1.15. The Hall–Kier alpha value is -1.04. The van der Waals surface area contributed by atoms with E-state index in [-0.39, 0.29) is 7.43 Å². The van der Waals surface area contributed by atoms with Crippen molar-refractivity contribution in [3.63, 3.8) is 0 Å². The highest BCUT2D eigenvalue weighted by Crippen LogP contribution is 1.79. The van der Waals surface area contributed by atoms with Gasteiger partial charge >= 0.3 is 0 Å². The summed E-state index contributed by atoms with van der Waals surface area (Å²) in [6.07, 6.45) is 0. The molecule has 0 aliphatic heterocycles. The average molecular weight is 122 g/mol. The molecule has 0 saturated carbocycles. The first kappa shape index (κ1) is 10.9. The Kier molecular flexibility index (Phi) is 12.1. The minimum absolute atomic E-state index is 0. The number of hydrogen-bond acceptors (Lipinski definition) is 0. The monoisotopic (exact) mass is 122 g/mol. The van der Waals surface area contributed by atoms with E-state index in [2.05, 4.69) is 13.2 Å². The first-order valence-corrected chi connectivity index (χ1v) is 2.50. The van der Waals surface area contributed by atoms with Crippen molar-refractivity contribution in [2.45, 2.75) is 7.43 Å². The average Bonchev–Trinajstić information content (AvgIpc) is 1.96. The smallest absolute Gasteiger partial charge is 0.0623 e. The Morgan fingerprint density at radius 3 is 0.778 bits per heavy atom. The summed E-state index contributed by atoms with van der Waals surface area (Å²) in [6.45, 7) is 6.00. The van der Waals surface area contributed by atoms with Gasteiger partial charge in [-0.05, 0) is 0 Å². The molecule has 0 heteroatoms. The van der Waals surface area contributed by atoms with Crippen molar-refractivity contribution in [1.82, 2.24) is 0 Å². The van der Waals surface area contributed by atoms with Crippen LogP contribution in [0.4, 0.5) is 0 Å². The molecular formula is C9H14. The molecule has 50 valence electrons. The third kappa shape index (κ3) is 6.96. The largest absolute Gasteiger partial charge is 0.106 e. The summed E-state index contributed by atoms with van der Waals surface area (Å²) in [6, 6.07) is 12.0. The molecule has 0 fully saturated rings. The van der Waals surface area contributed by atoms with Crippen LogP contribution in [0.1, 0.15) is 7.43 Å². The summed E-state index contributed by atoms with van der Waals surface area (Å²) in [5.74, 6) is 0. The summed E-state index contributed by atoms with van der Waals surface area (Å²) in [4.78, 5) is 0. The summed E-state index contributed by atoms with van der Waals surface area (Å²) < 4.78 is 0. The van der Waals surface area contributed by atoms with Gasteiger partial charge in [0.05, 0.1) is 0 Å². The van der Waals surface area contributed by atoms with E-state index in [1.54, 1.807) is 0 Å². The molecule has 0 aliphatic rings. The van der Waals surface area contributed by atoms with E-state index >= 15 is 0 Å². The van der Waals surface area contributed by atoms with Crippen LogP contribution in [0, 0.1) is 0 Å². The van der Waals surface area contributed by atoms with Gasteiger partial charge in [-0.3, -0.25) is 0 Å². The molecule has 0 amide bonds. The molecule has 0 N–H and O–H groups in total. The molecule has 0 spiro atoms. The van der Waals surface area contributed by atoms with Gasteiger partial charge in [-0.2, -0.15) is 0 Å². The maximum Gasteiger partial charge on any atom is -0.0623 e. The molecule has 0 unspecified atom stereocenters. The number of rotatable bonds is 0. The SMILES string of the molecule is C.C=C.c1ccccc1. The fraction of sp³-hybridized carbons (Fsp3) is 0.111. The Balaban J connectivity index is 0. The predicted molar refractivity (Wildman–Crippen MR) is 44.4 cm³/mol. The molecule has 0 aliphatic carbocycles. The van der Waals surface area contributed by atoms with E-state index in [1.165, 1.54) is 0 Å². The van der Waals surface area contributed by atoms with Gasteiger partial charge in [0, 0.05) is 0 Å². The highest BCUT2D eigenvalue weighted by atomic mass is 13.6. The molecule has 0 atom stereocenters. The van der Waals surface area contributed by atoms with Crippen molar-refractivity contribution < 1.29 is 0 Å². The summed E-state index contributed by atoms with van der Waals surface area (Å²) >= 11 is 0. The zero-order valence-corrected chi connectivity index (χ0v) is 4.88. The van der Waals surface area contributed by atoms with Gasteiger partial charge in [0.15, 0.2) is 0 Å². The fourth-order valence-corrected chi connectivity index (χ4v) is 0.385. The van der Waals surface area contributed by atoms with Crippen molar-refractivity contribution in [1.29, 1.82) is 0 Å². The molecule has 0 radical (unpaired) electrons. The van der Waals surface area contributed by atoms with Crippen molar-refractivity contribution in [2.75, 3.05) is 0 Å². The summed E-state index contributed by atoms with van der Waals surface area (Å²) in [5.41, 5.74) is 0. The third-order valence-electron chi connectivity index (χ3n) is 0.667. The number of hydrogen-bond donors (Lipinski definition) is 0. The lowest BCUT2D eigenvalue weighted by molar-refractivity contribution is 1.72. The van der Waals surface area contributed by atoms with Crippen molar-refractivity contribution in [2.24, 2.45) is 0 Å². The van der Waals surface area contributed by atoms with Crippen LogP contribution in [0.25, 0.3) is 0 Å². The molecule has 1 aromatic rings. The molecule has 0 aromatic heterocycles. The van der Waals surface area contributed by atoms with Crippen LogP contribution >= 0.6 is 0 Å². The highest BCUT2D eigenvalue weighted by molar-refractivity contribution is 4.99. The third-order valence-corrected chi connectivity index (χ3v) is 0.667. The van der Waals surface area contributed by atoms with E-state index in [0.29, 0.717) is 0 Å². The summed E-state index contributed by atoms with van der Waals surface area (Å²) in [5, 5.41) is 0. The molecule has 1 aromatic carbocycles. The van der Waals surface area contributed by atoms with Gasteiger partial charge in [-0.25, -0.2) is 0 Å². The lowest BCUT2D eigenvalue weighted by atomic mass is 10.4. The van der Waals surface area contributed by atoms with Crippen LogP contribution in [0.5, 0.6) is 0 Å². The van der Waals surface area contributed by atoms with Crippen LogP contribution in [0.15, 0.2) is 49.6 Å². The van der Waals surface area contributed by atoms with Gasteiger partial charge in [-0.1, -0.05) is 43.8 Å². The quantitative estimate of drug-likeness (QED) is 0.464. The normalized spacial score (nSPS) is 5.78. The van der Waals surface area contributed by atoms with Crippen molar-refractivity contribution in [3.05, 3.63) is 49.6 Å². The Morgan fingerprint density at radius 1 is 0.556 bits per heavy atom. The highest BCUT2D eigenvalue weighted by Gasteiger charge is 1.57. The zero-order chi connectivity index (χ0) is 6.24. The van der Waals surface area contributed by atoms with E-state index in [0.717, 1.165) is 0 Å². The molecule has 0 saturated heterocycles. The standard InChI is InChI=1S/C6H6.C2H4.CH4/c1-2-4-6-5-3-1;1-2;/h1-6H;1-2H2;1H4. The molecule has 0 nitrogen and oxygen atoms in total. The summed E-state index contributed by atoms with van der Waals surface area (Å²) in [7, 11) is 0. The van der Waals surface area contributed by atoms with Gasteiger partial charge in [0.25, 0.3) is 0 Å². The van der Waals surface area contributed by atoms with E-state index in [9.17, 15) is 0 Å². The van der Waals surface area contributed by atoms with Crippen LogP contribution in [0.3, 0.4) is 0 Å². The lowest BCUT2D eigenvalue weighted by Crippen LogP contribution is -1.47. The van der Waals surface area contributed by atoms with Crippen LogP contribution < -0.4 is 0 Å². The minimum atomic E-state index is 0. The Bertz CT molecular complexity index is 82.9. The Morgan fingerprint density at radius 2 is 0.667 bits per heavy atom. The predicted octanol–water partition coefficient (Wildman–Crippen LogP) is 3.12. The molecule has 0 heterocycles. The van der Waals surface area contributed by atoms with Crippen LogP contribution in [0.2, 0.25) is 0 Å². The van der Waals surface area contributed by atoms with Gasteiger partial charge in [0.2, 0.25) is 0 Å². The van der Waals surface area contributed by atoms with Gasteiger partial charge in [0.1, 0.15) is 0 Å². The molecule has 1 rings (SSSR count).